The van der Waals surface area contributed by atoms with E-state index in [0.29, 0.717) is 51.5 Å². The molecule has 0 heterocycles. The van der Waals surface area contributed by atoms with E-state index in [0.717, 1.165) is 110 Å². The largest absolute Gasteiger partial charge is 0.508 e. The lowest BCUT2D eigenvalue weighted by molar-refractivity contribution is -0.145. The SMILES string of the molecule is CCCCCCCCC(=O)OCCN(CCCOC(=O)OC(CCCCCC)CCCCCCCCC(=O)OCC(CCCC)CCCCCC)CCN(CC)CC. The highest BCUT2D eigenvalue weighted by Crippen LogP contribution is 2.20. The zero-order valence-electron chi connectivity index (χ0n) is 39.3. The molecule has 0 saturated carbocycles. The lowest BCUT2D eigenvalue weighted by Gasteiger charge is -2.26. The van der Waals surface area contributed by atoms with Gasteiger partial charge in [-0.2, -0.15) is 0 Å². The number of esters is 2. The van der Waals surface area contributed by atoms with Crippen molar-refractivity contribution in [1.82, 2.24) is 9.80 Å². The summed E-state index contributed by atoms with van der Waals surface area (Å²) in [4.78, 5) is 42.2. The molecule has 0 aromatic heterocycles. The van der Waals surface area contributed by atoms with Crippen LogP contribution in [0, 0.1) is 5.92 Å². The van der Waals surface area contributed by atoms with Crippen LogP contribution in [0.3, 0.4) is 0 Å². The monoisotopic (exact) mass is 825 g/mol. The van der Waals surface area contributed by atoms with Crippen LogP contribution in [0.2, 0.25) is 0 Å². The number of carbonyl (C=O) groups is 3. The van der Waals surface area contributed by atoms with Crippen molar-refractivity contribution in [3.63, 3.8) is 0 Å². The lowest BCUT2D eigenvalue weighted by atomic mass is 9.96. The summed E-state index contributed by atoms with van der Waals surface area (Å²) in [5.41, 5.74) is 0. The molecule has 9 heteroatoms. The topological polar surface area (TPSA) is 94.6 Å². The average Bonchev–Trinajstić information content (AvgIpc) is 3.22. The van der Waals surface area contributed by atoms with Crippen molar-refractivity contribution in [2.45, 2.75) is 234 Å². The van der Waals surface area contributed by atoms with Crippen molar-refractivity contribution in [3.05, 3.63) is 0 Å². The van der Waals surface area contributed by atoms with Crippen LogP contribution in [0.4, 0.5) is 4.79 Å². The third-order valence-corrected chi connectivity index (χ3v) is 11.6. The van der Waals surface area contributed by atoms with Gasteiger partial charge in [-0.25, -0.2) is 4.79 Å². The van der Waals surface area contributed by atoms with Crippen molar-refractivity contribution in [1.29, 1.82) is 0 Å². The molecule has 0 aliphatic rings. The highest BCUT2D eigenvalue weighted by Gasteiger charge is 2.17. The number of likely N-dealkylation sites (N-methyl/N-ethyl adjacent to an activating group) is 1. The van der Waals surface area contributed by atoms with E-state index in [9.17, 15) is 14.4 Å². The summed E-state index contributed by atoms with van der Waals surface area (Å²) >= 11 is 0. The standard InChI is InChI=1S/C49H96N2O7/c1-7-13-17-20-24-29-36-47(52)55-43-41-51(40-39-50(11-5)12-6)38-31-42-56-49(54)58-46(34-27-19-15-9-3)35-28-23-21-22-25-30-37-48(53)57-44-45(32-16-10-4)33-26-18-14-8-2/h45-46H,7-44H2,1-6H3. The van der Waals surface area contributed by atoms with E-state index in [-0.39, 0.29) is 18.0 Å². The van der Waals surface area contributed by atoms with E-state index in [1.54, 1.807) is 0 Å². The van der Waals surface area contributed by atoms with E-state index in [1.807, 2.05) is 0 Å². The van der Waals surface area contributed by atoms with Crippen molar-refractivity contribution in [3.8, 4) is 0 Å². The average molecular weight is 825 g/mol. The summed E-state index contributed by atoms with van der Waals surface area (Å²) in [5, 5.41) is 0. The van der Waals surface area contributed by atoms with E-state index < -0.39 is 6.16 Å². The van der Waals surface area contributed by atoms with Crippen LogP contribution in [-0.4, -0.2) is 93.1 Å². The maximum Gasteiger partial charge on any atom is 0.508 e. The molecule has 0 aliphatic carbocycles. The number of hydrogen-bond donors (Lipinski definition) is 0. The van der Waals surface area contributed by atoms with Gasteiger partial charge in [-0.05, 0) is 76.8 Å². The normalized spacial score (nSPS) is 12.6. The molecule has 344 valence electrons. The molecule has 0 aliphatic heterocycles. The minimum absolute atomic E-state index is 0.0331. The smallest absolute Gasteiger partial charge is 0.465 e. The fourth-order valence-electron chi connectivity index (χ4n) is 7.54. The Kier molecular flexibility index (Phi) is 41.8. The summed E-state index contributed by atoms with van der Waals surface area (Å²) in [5.74, 6) is 0.382. The molecule has 0 aromatic rings. The zero-order valence-corrected chi connectivity index (χ0v) is 39.3. The van der Waals surface area contributed by atoms with Crippen LogP contribution in [0.5, 0.6) is 0 Å². The summed E-state index contributed by atoms with van der Waals surface area (Å²) in [6, 6.07) is 0. The molecular formula is C49H96N2O7. The lowest BCUT2D eigenvalue weighted by Crippen LogP contribution is -2.38. The van der Waals surface area contributed by atoms with Gasteiger partial charge in [0.2, 0.25) is 0 Å². The summed E-state index contributed by atoms with van der Waals surface area (Å²) < 4.78 is 22.8. The van der Waals surface area contributed by atoms with Gasteiger partial charge in [-0.3, -0.25) is 14.5 Å². The molecule has 0 radical (unpaired) electrons. The van der Waals surface area contributed by atoms with Crippen LogP contribution in [0.25, 0.3) is 0 Å². The van der Waals surface area contributed by atoms with Crippen molar-refractivity contribution < 1.29 is 33.3 Å². The second-order valence-corrected chi connectivity index (χ2v) is 16.8. The molecular weight excluding hydrogens is 729 g/mol. The molecule has 2 atom stereocenters. The fourth-order valence-corrected chi connectivity index (χ4v) is 7.54. The Hall–Kier alpha value is -1.87. The van der Waals surface area contributed by atoms with Gasteiger partial charge in [0.05, 0.1) is 13.2 Å². The Labute approximate surface area is 359 Å². The number of carbonyl (C=O) groups excluding carboxylic acids is 3. The van der Waals surface area contributed by atoms with Crippen molar-refractivity contribution in [2.75, 3.05) is 59.1 Å². The number of rotatable bonds is 44. The van der Waals surface area contributed by atoms with Gasteiger partial charge >= 0.3 is 18.1 Å². The second-order valence-electron chi connectivity index (χ2n) is 16.8. The first-order valence-corrected chi connectivity index (χ1v) is 24.9. The molecule has 0 amide bonds. The Morgan fingerprint density at radius 3 is 1.45 bits per heavy atom. The van der Waals surface area contributed by atoms with E-state index in [2.05, 4.69) is 51.3 Å². The molecule has 58 heavy (non-hydrogen) atoms. The molecule has 0 fully saturated rings. The maximum absolute atomic E-state index is 12.8. The minimum atomic E-state index is -0.557. The van der Waals surface area contributed by atoms with Crippen LogP contribution in [-0.2, 0) is 28.5 Å². The Bertz CT molecular complexity index is 915. The van der Waals surface area contributed by atoms with Crippen LogP contribution >= 0.6 is 0 Å². The zero-order chi connectivity index (χ0) is 42.7. The van der Waals surface area contributed by atoms with Crippen molar-refractivity contribution >= 4 is 18.1 Å². The number of ether oxygens (including phenoxy) is 4. The first-order chi connectivity index (χ1) is 28.3. The number of unbranched alkanes of at least 4 members (excludes halogenated alkanes) is 17. The van der Waals surface area contributed by atoms with Crippen LogP contribution in [0.1, 0.15) is 228 Å². The van der Waals surface area contributed by atoms with Crippen LogP contribution < -0.4 is 0 Å². The van der Waals surface area contributed by atoms with E-state index in [1.165, 1.54) is 89.9 Å². The summed E-state index contributed by atoms with van der Waals surface area (Å²) in [6.45, 7) is 19.8. The van der Waals surface area contributed by atoms with Gasteiger partial charge in [-0.1, -0.05) is 157 Å². The van der Waals surface area contributed by atoms with E-state index in [4.69, 9.17) is 18.9 Å². The fraction of sp³-hybridized carbons (Fsp3) is 0.939. The number of nitrogens with zero attached hydrogens (tertiary/aromatic N) is 2. The van der Waals surface area contributed by atoms with Gasteiger partial charge in [0.15, 0.2) is 0 Å². The molecule has 2 unspecified atom stereocenters. The third-order valence-electron chi connectivity index (χ3n) is 11.6. The minimum Gasteiger partial charge on any atom is -0.465 e. The Balaban J connectivity index is 4.53. The second kappa shape index (κ2) is 43.2. The van der Waals surface area contributed by atoms with Gasteiger partial charge in [0.25, 0.3) is 0 Å². The molecule has 0 aromatic carbocycles. The number of hydrogen-bond acceptors (Lipinski definition) is 9. The highest BCUT2D eigenvalue weighted by atomic mass is 16.7. The predicted molar refractivity (Wildman–Crippen MR) is 242 cm³/mol. The van der Waals surface area contributed by atoms with Gasteiger partial charge in [-0.15, -0.1) is 0 Å². The third kappa shape index (κ3) is 37.2. The summed E-state index contributed by atoms with van der Waals surface area (Å²) in [6.07, 6.45) is 30.5. The predicted octanol–water partition coefficient (Wildman–Crippen LogP) is 13.2. The molecule has 0 rings (SSSR count). The summed E-state index contributed by atoms with van der Waals surface area (Å²) in [7, 11) is 0. The molecule has 0 spiro atoms. The van der Waals surface area contributed by atoms with Gasteiger partial charge in [0.1, 0.15) is 12.7 Å². The molecule has 0 saturated heterocycles. The maximum atomic E-state index is 12.8. The highest BCUT2D eigenvalue weighted by molar-refractivity contribution is 5.69. The molecule has 0 N–H and O–H groups in total. The first kappa shape index (κ1) is 56.1. The quantitative estimate of drug-likeness (QED) is 0.0338. The first-order valence-electron chi connectivity index (χ1n) is 24.9. The van der Waals surface area contributed by atoms with E-state index >= 15 is 0 Å². The van der Waals surface area contributed by atoms with Gasteiger partial charge < -0.3 is 23.8 Å². The van der Waals surface area contributed by atoms with Crippen molar-refractivity contribution in [2.24, 2.45) is 5.92 Å². The Morgan fingerprint density at radius 1 is 0.414 bits per heavy atom. The Morgan fingerprint density at radius 2 is 0.879 bits per heavy atom. The molecule has 9 nitrogen and oxygen atoms in total. The molecule has 0 bridgehead atoms. The van der Waals surface area contributed by atoms with Gasteiger partial charge in [0, 0.05) is 39.0 Å². The van der Waals surface area contributed by atoms with Crippen LogP contribution in [0.15, 0.2) is 0 Å².